The number of aryl methyl sites for hydroxylation is 6. The van der Waals surface area contributed by atoms with Gasteiger partial charge in [-0.15, -0.1) is 0 Å². The topological polar surface area (TPSA) is 290 Å². The number of rotatable bonds is 17. The molecule has 0 amide bonds. The molecule has 0 aliphatic heterocycles. The molecule has 0 bridgehead atoms. The number of nitrogens with zero attached hydrogens (tertiary/aromatic N) is 9. The first-order valence-electron chi connectivity index (χ1n) is 44.5. The van der Waals surface area contributed by atoms with Crippen LogP contribution in [0.25, 0.3) is 124 Å². The molecule has 1 unspecified atom stereocenters. The number of benzene rings is 10. The Kier molecular flexibility index (Phi) is 46.3. The monoisotopic (exact) mass is 2120 g/mol. The molecule has 0 radical (unpaired) electrons. The molecule has 19 nitrogen and oxygen atoms in total. The minimum atomic E-state index is -0.506. The minimum Gasteiger partial charge on any atom is -0.388 e. The van der Waals surface area contributed by atoms with E-state index in [9.17, 15) is 9.90 Å². The predicted molar refractivity (Wildman–Crippen MR) is 574 cm³/mol. The van der Waals surface area contributed by atoms with Crippen LogP contribution in [0.2, 0.25) is 0 Å². The summed E-state index contributed by atoms with van der Waals surface area (Å²) in [6.07, 6.45) is 31.3. The van der Waals surface area contributed by atoms with Crippen molar-refractivity contribution in [3.8, 4) is 34.2 Å². The molecule has 23 heteroatoms. The normalized spacial score (nSPS) is 10.4. The highest BCUT2D eigenvalue weighted by Crippen LogP contribution is 2.30. The molecule has 141 heavy (non-hydrogen) atoms. The number of halogens is 4. The van der Waals surface area contributed by atoms with Crippen LogP contribution in [0.15, 0.2) is 383 Å². The van der Waals surface area contributed by atoms with E-state index in [1.165, 1.54) is 93.2 Å². The number of fused-ring (bicyclic) bond motifs is 5. The van der Waals surface area contributed by atoms with Crippen molar-refractivity contribution >= 4 is 185 Å². The van der Waals surface area contributed by atoms with Crippen LogP contribution in [0.1, 0.15) is 122 Å². The van der Waals surface area contributed by atoms with Gasteiger partial charge in [-0.1, -0.05) is 246 Å². The fraction of sp³-hybridized carbons (Fsp3) is 0.102. The van der Waals surface area contributed by atoms with Crippen molar-refractivity contribution < 1.29 is 48.3 Å². The maximum Gasteiger partial charge on any atom is 0.373 e. The van der Waals surface area contributed by atoms with Crippen molar-refractivity contribution in [3.63, 3.8) is 0 Å². The van der Waals surface area contributed by atoms with Crippen molar-refractivity contribution in [1.29, 1.82) is 0 Å². The van der Waals surface area contributed by atoms with Crippen molar-refractivity contribution in [2.45, 2.75) is 79.8 Å². The summed E-state index contributed by atoms with van der Waals surface area (Å²) < 4.78 is 3.42. The molecule has 9 aromatic heterocycles. The quantitative estimate of drug-likeness (QED) is 0.0654. The Morgan fingerprint density at radius 3 is 0.936 bits per heavy atom. The Balaban J connectivity index is 0.000000186. The molecule has 702 valence electrons. The fourth-order valence-corrected chi connectivity index (χ4v) is 15.9. The van der Waals surface area contributed by atoms with Gasteiger partial charge >= 0.3 is 24.6 Å². The average molecular weight is 2120 g/mol. The first-order chi connectivity index (χ1) is 68.6. The minimum absolute atomic E-state index is 0.250. The molecule has 0 fully saturated rings. The summed E-state index contributed by atoms with van der Waals surface area (Å²) in [7, 11) is 0. The first-order valence-corrected chi connectivity index (χ1v) is 47.7. The van der Waals surface area contributed by atoms with Gasteiger partial charge in [0.05, 0.1) is 40.3 Å². The van der Waals surface area contributed by atoms with Crippen LogP contribution in [0.4, 0.5) is 0 Å². The first kappa shape index (κ1) is 109. The van der Waals surface area contributed by atoms with E-state index in [1.807, 2.05) is 160 Å². The summed E-state index contributed by atoms with van der Waals surface area (Å²) in [4.78, 5) is 115. The third-order valence-electron chi connectivity index (χ3n) is 21.2. The van der Waals surface area contributed by atoms with Crippen LogP contribution < -0.4 is 0 Å². The molecule has 0 aliphatic carbocycles. The molecule has 0 spiro atoms. The summed E-state index contributed by atoms with van der Waals surface area (Å²) in [5.41, 5.74) is 22.5. The van der Waals surface area contributed by atoms with Crippen molar-refractivity contribution in [1.82, 2.24) is 44.9 Å². The van der Waals surface area contributed by atoms with Gasteiger partial charge in [-0.05, 0) is 369 Å². The zero-order valence-corrected chi connectivity index (χ0v) is 84.3. The third kappa shape index (κ3) is 37.2. The fourth-order valence-electron chi connectivity index (χ4n) is 14.1. The van der Waals surface area contributed by atoms with Crippen LogP contribution in [0.5, 0.6) is 0 Å². The summed E-state index contributed by atoms with van der Waals surface area (Å²) in [5.74, 6) is 0. The second-order valence-electron chi connectivity index (χ2n) is 30.9. The van der Waals surface area contributed by atoms with E-state index >= 15 is 0 Å². The maximum atomic E-state index is 10.5. The van der Waals surface area contributed by atoms with Crippen LogP contribution in [-0.2, 0) is 70.5 Å². The lowest BCUT2D eigenvalue weighted by atomic mass is 9.99. The van der Waals surface area contributed by atoms with Crippen molar-refractivity contribution in [3.05, 3.63) is 467 Å². The number of aldehydes is 1. The molecule has 0 saturated carbocycles. The zero-order valence-electron chi connectivity index (χ0n) is 78.0. The number of pyridine rings is 9. The predicted octanol–water partition coefficient (Wildman–Crippen LogP) is 28.3. The highest BCUT2D eigenvalue weighted by Gasteiger charge is 2.14. The number of aromatic nitrogens is 9. The van der Waals surface area contributed by atoms with E-state index in [-0.39, 0.29) is 24.6 Å². The summed E-state index contributed by atoms with van der Waals surface area (Å²) in [5, 5.41) is 22.6. The van der Waals surface area contributed by atoms with Crippen LogP contribution in [0, 0.1) is 13.8 Å². The van der Waals surface area contributed by atoms with Crippen LogP contribution in [0.3, 0.4) is 0 Å². The molecule has 0 aliphatic rings. The third-order valence-corrected chi connectivity index (χ3v) is 22.9. The van der Waals surface area contributed by atoms with E-state index in [4.69, 9.17) is 43.3 Å². The molecule has 9 heterocycles. The summed E-state index contributed by atoms with van der Waals surface area (Å²) in [6.45, 7) is 12.6. The van der Waals surface area contributed by atoms with Gasteiger partial charge in [-0.2, -0.15) is 38.4 Å². The van der Waals surface area contributed by atoms with E-state index in [0.717, 1.165) is 129 Å². The summed E-state index contributed by atoms with van der Waals surface area (Å²) in [6, 6.07) is 109. The number of hydrogen-bond acceptors (Lipinski definition) is 19. The second kappa shape index (κ2) is 60.0. The number of carbonyl (C=O) groups excluding carboxylic acids is 9. The van der Waals surface area contributed by atoms with Gasteiger partial charge in [0.25, 0.3) is 0 Å². The highest BCUT2D eigenvalue weighted by atomic mass is 79.9. The van der Waals surface area contributed by atoms with Crippen molar-refractivity contribution in [2.24, 2.45) is 0 Å². The molecule has 0 saturated heterocycles. The Labute approximate surface area is 852 Å². The van der Waals surface area contributed by atoms with Gasteiger partial charge in [0.1, 0.15) is 24.7 Å². The van der Waals surface area contributed by atoms with Crippen LogP contribution >= 0.6 is 63.7 Å². The van der Waals surface area contributed by atoms with Crippen molar-refractivity contribution in [2.75, 3.05) is 0 Å². The largest absolute Gasteiger partial charge is 0.388 e. The molecular formula is C118H97Br4N9O10. The Morgan fingerprint density at radius 1 is 0.262 bits per heavy atom. The zero-order chi connectivity index (χ0) is 101. The molecule has 1 N–H and O–H groups in total. The SMILES string of the molecule is Brc1cc(/C=C/c2ccc3ccccc3c2)ccn1.CCc1ccnc(-c2cc(CC)cc(-c3cc(/C=C/c4ccc5ccccc5c4)ccn3)n2)c1.CCc1ccnc(-c2cc(CC)cc(Br)n2)c1.Cc1cc(/C=C/c2ccc3ccccc3c2)ccn1.Cc1ccnc(Br)c1.O=C=O.O=C=O.O=C=O.O=C=O.O=Cc1ccc2ccccc2c1.OC(Cc1ccnc(Br)c1)c1ccc2ccccc2c1. The Hall–Kier alpha value is -15.9. The lowest BCUT2D eigenvalue weighted by Gasteiger charge is -2.12. The van der Waals surface area contributed by atoms with Gasteiger partial charge in [-0.25, -0.2) is 24.9 Å². The van der Waals surface area contributed by atoms with E-state index in [0.29, 0.717) is 6.42 Å². The molecule has 19 aromatic rings. The van der Waals surface area contributed by atoms with Gasteiger partial charge < -0.3 is 5.11 Å². The van der Waals surface area contributed by atoms with Gasteiger partial charge in [-0.3, -0.25) is 24.7 Å². The lowest BCUT2D eigenvalue weighted by molar-refractivity contribution is -0.193. The lowest BCUT2D eigenvalue weighted by Crippen LogP contribution is -2.02. The van der Waals surface area contributed by atoms with E-state index < -0.39 is 6.10 Å². The number of aliphatic hydroxyl groups excluding tert-OH is 1. The number of hydrogen-bond donors (Lipinski definition) is 1. The molecule has 10 aromatic carbocycles. The molecule has 1 atom stereocenters. The van der Waals surface area contributed by atoms with E-state index in [1.54, 1.807) is 18.6 Å². The average Bonchev–Trinajstić information content (AvgIpc) is 0.806. The van der Waals surface area contributed by atoms with Gasteiger partial charge in [0.2, 0.25) is 0 Å². The highest BCUT2D eigenvalue weighted by molar-refractivity contribution is 9.11. The standard InChI is InChI=1S/C31H27N3.C18H15N.C17H14BrNO.C17H12BrN.C14H15BrN2.C11H8O.C6H6BrN.4CO2/c1-3-22-13-15-32-28(18-22)30-19-23(4-2)20-31(34-30)29-21-25(14-16-33-29)10-9-24-11-12-26-7-5-6-8-27(26)17-24;1-14-12-16(10-11-19-14)7-6-15-8-9-17-4-2-3-5-18(17)13-15;18-17-10-12(7-8-19-17)9-16(20)15-6-5-13-3-1-2-4-14(13)11-15;18-17-12-14(9-10-19-17)6-5-13-7-8-15-3-1-2-4-16(15)11-13;1-3-10-5-6-16-12(7-10)13-8-11(4-2)9-14(15)17-13;12-8-9-5-6-10-3-1-2-4-11(10)7-9;1-5-2-3-8-6(7)4-5;4*2-1-3/h5-21H,3-4H2,1-2H3;2-13H,1H3;1-8,10-11,16,20H,9H2;1-12H;5-9H,3-4H2,1-2H3;1-8H;2-4H,1H3;;;;/b10-9+;7-6+;;6-5+;;;;;;;. The Morgan fingerprint density at radius 2 is 0.553 bits per heavy atom. The van der Waals surface area contributed by atoms with E-state index in [2.05, 4.69) is 368 Å². The maximum absolute atomic E-state index is 10.5. The molecular weight excluding hydrogens is 2020 g/mol. The number of aliphatic hydroxyl groups is 1. The molecule has 19 rings (SSSR count). The smallest absolute Gasteiger partial charge is 0.373 e. The Bertz CT molecular complexity index is 7390. The number of carbonyl (C=O) groups is 1. The van der Waals surface area contributed by atoms with Gasteiger partial charge in [0.15, 0.2) is 0 Å². The second-order valence-corrected chi connectivity index (χ2v) is 34.2. The van der Waals surface area contributed by atoms with Crippen LogP contribution in [-0.4, -0.2) is 80.9 Å². The summed E-state index contributed by atoms with van der Waals surface area (Å²) >= 11 is 13.4. The van der Waals surface area contributed by atoms with Gasteiger partial charge in [0, 0.05) is 61.1 Å².